The van der Waals surface area contributed by atoms with E-state index in [4.69, 9.17) is 4.74 Å². The first-order valence-corrected chi connectivity index (χ1v) is 7.06. The van der Waals surface area contributed by atoms with Crippen molar-refractivity contribution in [2.75, 3.05) is 39.7 Å². The zero-order valence-electron chi connectivity index (χ0n) is 12.9. The van der Waals surface area contributed by atoms with E-state index in [-0.39, 0.29) is 5.56 Å². The van der Waals surface area contributed by atoms with Crippen LogP contribution in [-0.4, -0.2) is 53.8 Å². The molecule has 3 rings (SSSR count). The molecule has 0 fully saturated rings. The lowest BCUT2D eigenvalue weighted by Gasteiger charge is -2.12. The Morgan fingerprint density at radius 3 is 2.95 bits per heavy atom. The van der Waals surface area contributed by atoms with Crippen molar-refractivity contribution in [3.63, 3.8) is 0 Å². The largest absolute Gasteiger partial charge is 0.497 e. The van der Waals surface area contributed by atoms with Gasteiger partial charge >= 0.3 is 0 Å². The van der Waals surface area contributed by atoms with E-state index in [0.29, 0.717) is 17.6 Å². The van der Waals surface area contributed by atoms with Crippen molar-refractivity contribution in [1.29, 1.82) is 0 Å². The lowest BCUT2D eigenvalue weighted by Crippen LogP contribution is -2.33. The summed E-state index contributed by atoms with van der Waals surface area (Å²) in [7, 11) is 5.58. The molecule has 116 valence electrons. The Bertz CT molecular complexity index is 865. The molecule has 0 aliphatic carbocycles. The zero-order chi connectivity index (χ0) is 15.7. The number of rotatable bonds is 5. The van der Waals surface area contributed by atoms with Crippen LogP contribution in [0.15, 0.2) is 29.3 Å². The number of fused-ring (bicyclic) bond motifs is 3. The van der Waals surface area contributed by atoms with E-state index in [0.717, 1.165) is 23.2 Å². The Labute approximate surface area is 127 Å². The van der Waals surface area contributed by atoms with Crippen molar-refractivity contribution >= 4 is 21.9 Å². The minimum absolute atomic E-state index is 0.140. The number of aromatic amines is 1. The maximum Gasteiger partial charge on any atom is 0.296 e. The molecule has 22 heavy (non-hydrogen) atoms. The highest BCUT2D eigenvalue weighted by atomic mass is 16.5. The van der Waals surface area contributed by atoms with Crippen LogP contribution >= 0.6 is 0 Å². The standard InChI is InChI=1S/C15H19N5O2/c1-19(2)7-6-17-20-9-16-13-11-8-10(22-3)4-5-12(11)18-14(13)15(20)21/h4-5,8-9,17-18H,6-7H2,1-3H3. The molecular formula is C15H19N5O2. The Kier molecular flexibility index (Phi) is 3.72. The summed E-state index contributed by atoms with van der Waals surface area (Å²) >= 11 is 0. The number of aromatic nitrogens is 3. The molecule has 0 bridgehead atoms. The molecule has 0 amide bonds. The van der Waals surface area contributed by atoms with Gasteiger partial charge in [-0.3, -0.25) is 4.79 Å². The molecule has 3 aromatic rings. The lowest BCUT2D eigenvalue weighted by atomic mass is 10.2. The van der Waals surface area contributed by atoms with E-state index in [9.17, 15) is 4.79 Å². The predicted octanol–water partition coefficient (Wildman–Crippen LogP) is 0.992. The number of ether oxygens (including phenoxy) is 1. The maximum absolute atomic E-state index is 12.5. The van der Waals surface area contributed by atoms with Crippen molar-refractivity contribution in [1.82, 2.24) is 19.5 Å². The summed E-state index contributed by atoms with van der Waals surface area (Å²) < 4.78 is 6.64. The van der Waals surface area contributed by atoms with Gasteiger partial charge in [0.2, 0.25) is 0 Å². The first-order chi connectivity index (χ1) is 10.6. The van der Waals surface area contributed by atoms with Crippen LogP contribution in [0.25, 0.3) is 21.9 Å². The van der Waals surface area contributed by atoms with E-state index in [1.807, 2.05) is 37.2 Å². The van der Waals surface area contributed by atoms with Crippen LogP contribution in [0, 0.1) is 0 Å². The second-order valence-electron chi connectivity index (χ2n) is 5.39. The zero-order valence-corrected chi connectivity index (χ0v) is 12.9. The number of benzene rings is 1. The van der Waals surface area contributed by atoms with Gasteiger partial charge in [-0.15, -0.1) is 0 Å². The van der Waals surface area contributed by atoms with Crippen LogP contribution in [0.2, 0.25) is 0 Å². The van der Waals surface area contributed by atoms with Crippen molar-refractivity contribution in [2.45, 2.75) is 0 Å². The van der Waals surface area contributed by atoms with Gasteiger partial charge in [-0.25, -0.2) is 9.66 Å². The highest BCUT2D eigenvalue weighted by Crippen LogP contribution is 2.25. The average Bonchev–Trinajstić information content (AvgIpc) is 2.88. The Hall–Kier alpha value is -2.54. The van der Waals surface area contributed by atoms with Crippen molar-refractivity contribution < 1.29 is 4.74 Å². The molecule has 0 unspecified atom stereocenters. The quantitative estimate of drug-likeness (QED) is 0.735. The molecule has 0 saturated heterocycles. The fourth-order valence-electron chi connectivity index (χ4n) is 2.37. The second kappa shape index (κ2) is 5.69. The highest BCUT2D eigenvalue weighted by Gasteiger charge is 2.11. The van der Waals surface area contributed by atoms with Crippen molar-refractivity contribution in [3.05, 3.63) is 34.9 Å². The van der Waals surface area contributed by atoms with Crippen molar-refractivity contribution in [3.8, 4) is 5.75 Å². The summed E-state index contributed by atoms with van der Waals surface area (Å²) in [5.41, 5.74) is 4.93. The number of methoxy groups -OCH3 is 1. The van der Waals surface area contributed by atoms with E-state index in [1.165, 1.54) is 11.0 Å². The van der Waals surface area contributed by atoms with Gasteiger partial charge in [-0.05, 0) is 32.3 Å². The molecule has 0 aliphatic heterocycles. The van der Waals surface area contributed by atoms with E-state index in [2.05, 4.69) is 15.4 Å². The third-order valence-electron chi connectivity index (χ3n) is 3.55. The summed E-state index contributed by atoms with van der Waals surface area (Å²) in [6.45, 7) is 1.49. The summed E-state index contributed by atoms with van der Waals surface area (Å²) in [5, 5.41) is 0.881. The van der Waals surface area contributed by atoms with E-state index >= 15 is 0 Å². The topological polar surface area (TPSA) is 75.2 Å². The smallest absolute Gasteiger partial charge is 0.296 e. The average molecular weight is 301 g/mol. The molecule has 0 aliphatic rings. The van der Waals surface area contributed by atoms with Crippen LogP contribution in [-0.2, 0) is 0 Å². The molecule has 2 N–H and O–H groups in total. The molecule has 0 spiro atoms. The minimum atomic E-state index is -0.140. The van der Waals surface area contributed by atoms with E-state index in [1.54, 1.807) is 7.11 Å². The number of nitrogens with zero attached hydrogens (tertiary/aromatic N) is 3. The third-order valence-corrected chi connectivity index (χ3v) is 3.55. The van der Waals surface area contributed by atoms with Gasteiger partial charge in [-0.1, -0.05) is 0 Å². The molecule has 0 radical (unpaired) electrons. The van der Waals surface area contributed by atoms with Gasteiger partial charge in [-0.2, -0.15) is 0 Å². The first-order valence-electron chi connectivity index (χ1n) is 7.06. The van der Waals surface area contributed by atoms with Crippen LogP contribution in [0.5, 0.6) is 5.75 Å². The molecule has 0 atom stereocenters. The third kappa shape index (κ3) is 2.50. The molecular weight excluding hydrogens is 282 g/mol. The molecule has 1 aromatic carbocycles. The van der Waals surface area contributed by atoms with Gasteiger partial charge < -0.3 is 20.0 Å². The fourth-order valence-corrected chi connectivity index (χ4v) is 2.37. The predicted molar refractivity (Wildman–Crippen MR) is 87.2 cm³/mol. The summed E-state index contributed by atoms with van der Waals surface area (Å²) in [5.74, 6) is 0.739. The number of nitrogens with one attached hydrogen (secondary N) is 2. The van der Waals surface area contributed by atoms with Gasteiger partial charge in [0.25, 0.3) is 5.56 Å². The van der Waals surface area contributed by atoms with Crippen LogP contribution in [0.4, 0.5) is 0 Å². The number of H-pyrrole nitrogens is 1. The van der Waals surface area contributed by atoms with Gasteiger partial charge in [0.15, 0.2) is 0 Å². The Balaban J connectivity index is 2.04. The molecule has 2 aromatic heterocycles. The monoisotopic (exact) mass is 301 g/mol. The van der Waals surface area contributed by atoms with Crippen LogP contribution < -0.4 is 15.7 Å². The van der Waals surface area contributed by atoms with Gasteiger partial charge in [0.1, 0.15) is 23.1 Å². The van der Waals surface area contributed by atoms with Gasteiger partial charge in [0, 0.05) is 24.0 Å². The summed E-state index contributed by atoms with van der Waals surface area (Å²) in [6.07, 6.45) is 1.52. The number of hydrogen-bond acceptors (Lipinski definition) is 5. The summed E-state index contributed by atoms with van der Waals surface area (Å²) in [4.78, 5) is 22.1. The lowest BCUT2D eigenvalue weighted by molar-refractivity contribution is 0.415. The maximum atomic E-state index is 12.5. The molecule has 2 heterocycles. The van der Waals surface area contributed by atoms with Crippen LogP contribution in [0.1, 0.15) is 0 Å². The SMILES string of the molecule is COc1ccc2[nH]c3c(=O)n(NCCN(C)C)cnc3c2c1. The van der Waals surface area contributed by atoms with Crippen molar-refractivity contribution in [2.24, 2.45) is 0 Å². The number of hydrogen-bond donors (Lipinski definition) is 2. The molecule has 7 nitrogen and oxygen atoms in total. The molecule has 7 heteroatoms. The van der Waals surface area contributed by atoms with Gasteiger partial charge in [0.05, 0.1) is 7.11 Å². The summed E-state index contributed by atoms with van der Waals surface area (Å²) in [6, 6.07) is 5.62. The number of likely N-dealkylation sites (N-methyl/N-ethyl adjacent to an activating group) is 1. The first kappa shape index (κ1) is 14.4. The second-order valence-corrected chi connectivity index (χ2v) is 5.39. The van der Waals surface area contributed by atoms with Crippen LogP contribution in [0.3, 0.4) is 0 Å². The minimum Gasteiger partial charge on any atom is -0.497 e. The normalized spacial score (nSPS) is 11.5. The molecule has 0 saturated carbocycles. The Morgan fingerprint density at radius 2 is 2.23 bits per heavy atom. The fraction of sp³-hybridized carbons (Fsp3) is 0.333. The Morgan fingerprint density at radius 1 is 1.41 bits per heavy atom. The van der Waals surface area contributed by atoms with E-state index < -0.39 is 0 Å². The highest BCUT2D eigenvalue weighted by molar-refractivity contribution is 6.04.